The SMILES string of the molecule is CC(C)(CNCc1ncc(I)s1)c1ccccc1. The van der Waals surface area contributed by atoms with Gasteiger partial charge in [0.15, 0.2) is 0 Å². The maximum absolute atomic E-state index is 4.36. The lowest BCUT2D eigenvalue weighted by molar-refractivity contribution is 0.468. The monoisotopic (exact) mass is 372 g/mol. The molecule has 2 rings (SSSR count). The largest absolute Gasteiger partial charge is 0.310 e. The van der Waals surface area contributed by atoms with Crippen LogP contribution in [0.3, 0.4) is 0 Å². The van der Waals surface area contributed by atoms with Crippen molar-refractivity contribution in [2.24, 2.45) is 0 Å². The van der Waals surface area contributed by atoms with E-state index in [9.17, 15) is 0 Å². The lowest BCUT2D eigenvalue weighted by atomic mass is 9.85. The predicted molar refractivity (Wildman–Crippen MR) is 86.0 cm³/mol. The molecule has 96 valence electrons. The van der Waals surface area contributed by atoms with E-state index in [1.165, 1.54) is 8.45 Å². The van der Waals surface area contributed by atoms with Crippen molar-refractivity contribution < 1.29 is 0 Å². The summed E-state index contributed by atoms with van der Waals surface area (Å²) < 4.78 is 1.24. The van der Waals surface area contributed by atoms with Crippen molar-refractivity contribution in [2.45, 2.75) is 25.8 Å². The summed E-state index contributed by atoms with van der Waals surface area (Å²) in [5, 5.41) is 4.65. The van der Waals surface area contributed by atoms with Crippen LogP contribution in [0.25, 0.3) is 0 Å². The van der Waals surface area contributed by atoms with Gasteiger partial charge in [-0.15, -0.1) is 11.3 Å². The lowest BCUT2D eigenvalue weighted by Crippen LogP contribution is -2.32. The van der Waals surface area contributed by atoms with E-state index in [4.69, 9.17) is 0 Å². The average Bonchev–Trinajstić information content (AvgIpc) is 2.76. The molecule has 0 bridgehead atoms. The van der Waals surface area contributed by atoms with Gasteiger partial charge in [0.2, 0.25) is 0 Å². The first-order chi connectivity index (χ1) is 8.58. The second-order valence-corrected chi connectivity index (χ2v) is 7.92. The standard InChI is InChI=1S/C14H17IN2S/c1-14(2,11-6-4-3-5-7-11)10-16-9-13-17-8-12(15)18-13/h3-8,16H,9-10H2,1-2H3. The van der Waals surface area contributed by atoms with E-state index in [0.717, 1.165) is 18.1 Å². The second kappa shape index (κ2) is 6.12. The van der Waals surface area contributed by atoms with E-state index in [1.54, 1.807) is 11.3 Å². The highest BCUT2D eigenvalue weighted by atomic mass is 127. The highest BCUT2D eigenvalue weighted by molar-refractivity contribution is 14.1. The normalized spacial score (nSPS) is 11.7. The molecule has 0 saturated heterocycles. The van der Waals surface area contributed by atoms with Crippen LogP contribution < -0.4 is 5.32 Å². The van der Waals surface area contributed by atoms with E-state index in [1.807, 2.05) is 6.20 Å². The number of thiazole rings is 1. The Bertz CT molecular complexity index is 494. The summed E-state index contributed by atoms with van der Waals surface area (Å²) in [4.78, 5) is 4.36. The van der Waals surface area contributed by atoms with Crippen molar-refractivity contribution in [2.75, 3.05) is 6.54 Å². The number of benzene rings is 1. The van der Waals surface area contributed by atoms with Gasteiger partial charge in [0, 0.05) is 18.5 Å². The third kappa shape index (κ3) is 3.76. The highest BCUT2D eigenvalue weighted by Gasteiger charge is 2.19. The van der Waals surface area contributed by atoms with Crippen molar-refractivity contribution in [1.82, 2.24) is 10.3 Å². The molecule has 0 saturated carbocycles. The average molecular weight is 372 g/mol. The van der Waals surface area contributed by atoms with Gasteiger partial charge in [0.25, 0.3) is 0 Å². The minimum Gasteiger partial charge on any atom is -0.310 e. The molecule has 0 aliphatic carbocycles. The Morgan fingerprint density at radius 1 is 1.28 bits per heavy atom. The number of rotatable bonds is 5. The van der Waals surface area contributed by atoms with Crippen LogP contribution in [-0.2, 0) is 12.0 Å². The zero-order chi connectivity index (χ0) is 13.0. The third-order valence-electron chi connectivity index (χ3n) is 2.92. The predicted octanol–water partition coefficient (Wildman–Crippen LogP) is 3.82. The molecular weight excluding hydrogens is 355 g/mol. The van der Waals surface area contributed by atoms with Gasteiger partial charge in [-0.25, -0.2) is 4.98 Å². The van der Waals surface area contributed by atoms with Gasteiger partial charge >= 0.3 is 0 Å². The maximum atomic E-state index is 4.36. The molecule has 0 unspecified atom stereocenters. The summed E-state index contributed by atoms with van der Waals surface area (Å²) in [6, 6.07) is 10.6. The molecule has 1 aromatic carbocycles. The molecule has 1 heterocycles. The minimum absolute atomic E-state index is 0.145. The molecule has 0 aliphatic rings. The van der Waals surface area contributed by atoms with Crippen LogP contribution in [0.5, 0.6) is 0 Å². The van der Waals surface area contributed by atoms with E-state index < -0.39 is 0 Å². The van der Waals surface area contributed by atoms with Gasteiger partial charge in [-0.3, -0.25) is 0 Å². The fourth-order valence-electron chi connectivity index (χ4n) is 1.84. The minimum atomic E-state index is 0.145. The van der Waals surface area contributed by atoms with E-state index >= 15 is 0 Å². The molecule has 0 aliphatic heterocycles. The van der Waals surface area contributed by atoms with E-state index in [2.05, 4.69) is 77.1 Å². The summed E-state index contributed by atoms with van der Waals surface area (Å²) >= 11 is 4.05. The Hall–Kier alpha value is -0.460. The first-order valence-electron chi connectivity index (χ1n) is 5.94. The summed E-state index contributed by atoms with van der Waals surface area (Å²) in [6.07, 6.45) is 1.92. The summed E-state index contributed by atoms with van der Waals surface area (Å²) in [7, 11) is 0. The van der Waals surface area contributed by atoms with Crippen molar-refractivity contribution in [1.29, 1.82) is 0 Å². The van der Waals surface area contributed by atoms with Crippen molar-refractivity contribution in [3.8, 4) is 0 Å². The fraction of sp³-hybridized carbons (Fsp3) is 0.357. The molecule has 4 heteroatoms. The number of hydrogen-bond donors (Lipinski definition) is 1. The molecule has 2 nitrogen and oxygen atoms in total. The molecule has 1 N–H and O–H groups in total. The third-order valence-corrected chi connectivity index (χ3v) is 4.65. The van der Waals surface area contributed by atoms with Crippen LogP contribution in [0.15, 0.2) is 36.5 Å². The molecule has 0 atom stereocenters. The maximum Gasteiger partial charge on any atom is 0.107 e. The molecular formula is C14H17IN2S. The smallest absolute Gasteiger partial charge is 0.107 e. The van der Waals surface area contributed by atoms with Gasteiger partial charge < -0.3 is 5.32 Å². The van der Waals surface area contributed by atoms with Gasteiger partial charge in [-0.1, -0.05) is 44.2 Å². The second-order valence-electron chi connectivity index (χ2n) is 4.91. The zero-order valence-electron chi connectivity index (χ0n) is 10.6. The van der Waals surface area contributed by atoms with Crippen LogP contribution in [0, 0.1) is 2.88 Å². The summed E-state index contributed by atoms with van der Waals surface area (Å²) in [6.45, 7) is 6.33. The molecule has 2 aromatic rings. The Kier molecular flexibility index (Phi) is 4.75. The Labute approximate surface area is 126 Å². The first kappa shape index (κ1) is 14.0. The van der Waals surface area contributed by atoms with Crippen molar-refractivity contribution in [3.63, 3.8) is 0 Å². The van der Waals surface area contributed by atoms with Gasteiger partial charge in [-0.05, 0) is 28.2 Å². The highest BCUT2D eigenvalue weighted by Crippen LogP contribution is 2.22. The van der Waals surface area contributed by atoms with Crippen molar-refractivity contribution >= 4 is 33.9 Å². The lowest BCUT2D eigenvalue weighted by Gasteiger charge is -2.25. The Balaban J connectivity index is 1.89. The number of nitrogens with one attached hydrogen (secondary N) is 1. The van der Waals surface area contributed by atoms with E-state index in [0.29, 0.717) is 0 Å². The zero-order valence-corrected chi connectivity index (χ0v) is 13.6. The molecule has 0 amide bonds. The molecule has 18 heavy (non-hydrogen) atoms. The Morgan fingerprint density at radius 2 is 2.00 bits per heavy atom. The number of aromatic nitrogens is 1. The van der Waals surface area contributed by atoms with E-state index in [-0.39, 0.29) is 5.41 Å². The fourth-order valence-corrected chi connectivity index (χ4v) is 3.36. The van der Waals surface area contributed by atoms with Gasteiger partial charge in [0.05, 0.1) is 9.08 Å². The number of halogens is 1. The molecule has 0 spiro atoms. The molecule has 0 radical (unpaired) electrons. The topological polar surface area (TPSA) is 24.9 Å². The van der Waals surface area contributed by atoms with Crippen LogP contribution in [0.4, 0.5) is 0 Å². The molecule has 1 aromatic heterocycles. The molecule has 0 fully saturated rings. The van der Waals surface area contributed by atoms with Crippen LogP contribution >= 0.6 is 33.9 Å². The number of nitrogens with zero attached hydrogens (tertiary/aromatic N) is 1. The number of hydrogen-bond acceptors (Lipinski definition) is 3. The van der Waals surface area contributed by atoms with Gasteiger partial charge in [0.1, 0.15) is 5.01 Å². The Morgan fingerprint density at radius 3 is 2.61 bits per heavy atom. The van der Waals surface area contributed by atoms with Crippen LogP contribution in [0.2, 0.25) is 0 Å². The van der Waals surface area contributed by atoms with Gasteiger partial charge in [-0.2, -0.15) is 0 Å². The van der Waals surface area contributed by atoms with Crippen LogP contribution in [-0.4, -0.2) is 11.5 Å². The summed E-state index contributed by atoms with van der Waals surface area (Å²) in [5.74, 6) is 0. The quantitative estimate of drug-likeness (QED) is 0.808. The summed E-state index contributed by atoms with van der Waals surface area (Å²) in [5.41, 5.74) is 1.51. The van der Waals surface area contributed by atoms with Crippen LogP contribution in [0.1, 0.15) is 24.4 Å². The van der Waals surface area contributed by atoms with Crippen molar-refractivity contribution in [3.05, 3.63) is 50.0 Å². The first-order valence-corrected chi connectivity index (χ1v) is 7.84.